The maximum atomic E-state index is 3.36. The lowest BCUT2D eigenvalue weighted by atomic mass is 10.0. The lowest BCUT2D eigenvalue weighted by molar-refractivity contribution is 0.512. The van der Waals surface area contributed by atoms with Crippen LogP contribution in [0, 0.1) is 0 Å². The summed E-state index contributed by atoms with van der Waals surface area (Å²) >= 11 is 0. The van der Waals surface area contributed by atoms with Crippen molar-refractivity contribution in [1.29, 1.82) is 0 Å². The second-order valence-corrected chi connectivity index (χ2v) is 5.97. The van der Waals surface area contributed by atoms with Crippen LogP contribution < -0.4 is 5.32 Å². The van der Waals surface area contributed by atoms with E-state index in [1.54, 1.807) is 6.08 Å². The van der Waals surface area contributed by atoms with Gasteiger partial charge in [-0.15, -0.1) is 15.2 Å². The van der Waals surface area contributed by atoms with Crippen molar-refractivity contribution in [3.05, 3.63) is 12.7 Å². The van der Waals surface area contributed by atoms with Gasteiger partial charge in [0.25, 0.3) is 0 Å². The van der Waals surface area contributed by atoms with Gasteiger partial charge < -0.3 is 5.32 Å². The zero-order chi connectivity index (χ0) is 11.5. The zero-order valence-electron chi connectivity index (χ0n) is 10.7. The third-order valence-electron chi connectivity index (χ3n) is 2.81. The Kier molecular flexibility index (Phi) is 10.7. The Morgan fingerprint density at radius 2 is 1.93 bits per heavy atom. The van der Waals surface area contributed by atoms with Gasteiger partial charge in [0.1, 0.15) is 0 Å². The molecule has 1 nitrogen and oxygen atoms in total. The van der Waals surface area contributed by atoms with E-state index in [-0.39, 0.29) is 0 Å². The Morgan fingerprint density at radius 1 is 1.40 bits per heavy atom. The first-order valence-corrected chi connectivity index (χ1v) is 7.50. The van der Waals surface area contributed by atoms with E-state index in [9.17, 15) is 0 Å². The minimum absolute atomic E-state index is 0.727. The van der Waals surface area contributed by atoms with Gasteiger partial charge in [-0.1, -0.05) is 25.3 Å². The third-order valence-corrected chi connectivity index (χ3v) is 4.81. The normalized spacial score (nSPS) is 19.7. The Bertz CT molecular complexity index is 141. The molecule has 0 amide bonds. The Morgan fingerprint density at radius 3 is 2.40 bits per heavy atom. The van der Waals surface area contributed by atoms with Crippen molar-refractivity contribution in [3.8, 4) is 0 Å². The van der Waals surface area contributed by atoms with E-state index in [0.717, 1.165) is 11.7 Å². The highest BCUT2D eigenvalue weighted by Crippen LogP contribution is 2.32. The van der Waals surface area contributed by atoms with Crippen LogP contribution in [0.3, 0.4) is 0 Å². The molecule has 1 N–H and O–H groups in total. The lowest BCUT2D eigenvalue weighted by Gasteiger charge is -2.22. The average Bonchev–Trinajstić information content (AvgIpc) is 2.28. The second kappa shape index (κ2) is 10.6. The van der Waals surface area contributed by atoms with E-state index >= 15 is 0 Å². The molecular weight excluding hydrogens is 201 g/mol. The first-order chi connectivity index (χ1) is 7.24. The molecule has 0 spiro atoms. The topological polar surface area (TPSA) is 12.0 Å². The van der Waals surface area contributed by atoms with Crippen LogP contribution in [0.1, 0.15) is 46.0 Å². The molecule has 0 aromatic heterocycles. The average molecular weight is 229 g/mol. The Labute approximate surface area is 97.9 Å². The summed E-state index contributed by atoms with van der Waals surface area (Å²) in [5.74, 6) is 0. The van der Waals surface area contributed by atoms with Crippen LogP contribution in [0.5, 0.6) is 0 Å². The molecule has 0 saturated heterocycles. The van der Waals surface area contributed by atoms with Crippen LogP contribution in [0.25, 0.3) is 0 Å². The summed E-state index contributed by atoms with van der Waals surface area (Å²) in [7, 11) is 3.27. The summed E-state index contributed by atoms with van der Waals surface area (Å²) in [5.41, 5.74) is 1.08. The van der Waals surface area contributed by atoms with Crippen molar-refractivity contribution in [3.63, 3.8) is 0 Å². The molecule has 0 aromatic carbocycles. The lowest BCUT2D eigenvalue weighted by Crippen LogP contribution is -2.24. The first kappa shape index (κ1) is 15.1. The van der Waals surface area contributed by atoms with Crippen LogP contribution in [-0.4, -0.2) is 24.9 Å². The van der Waals surface area contributed by atoms with Gasteiger partial charge >= 0.3 is 0 Å². The minimum Gasteiger partial charge on any atom is -0.317 e. The van der Waals surface area contributed by atoms with Crippen molar-refractivity contribution in [2.24, 2.45) is 0 Å². The molecule has 2 unspecified atom stereocenters. The highest BCUT2D eigenvalue weighted by Gasteiger charge is 2.13. The molecule has 90 valence electrons. The maximum absolute atomic E-state index is 3.36. The van der Waals surface area contributed by atoms with E-state index in [2.05, 4.69) is 25.9 Å². The van der Waals surface area contributed by atoms with Crippen molar-refractivity contribution in [2.45, 2.75) is 57.7 Å². The monoisotopic (exact) mass is 229 g/mol. The van der Waals surface area contributed by atoms with Gasteiger partial charge in [-0.05, 0) is 45.6 Å². The standard InChI is InChI=1S/C10H22NP.C3H6/c1-9(11-2)8-12-10-6-4-3-5-7-10;1-3-2/h9-12H,3-8H2,1-2H3;3H,1H2,2H3. The predicted molar refractivity (Wildman–Crippen MR) is 74.4 cm³/mol. The number of allylic oxidation sites excluding steroid dienone is 1. The molecular formula is C13H28NP. The quantitative estimate of drug-likeness (QED) is 0.571. The van der Waals surface area contributed by atoms with E-state index < -0.39 is 0 Å². The molecule has 0 radical (unpaired) electrons. The van der Waals surface area contributed by atoms with E-state index in [1.807, 2.05) is 6.92 Å². The fraction of sp³-hybridized carbons (Fsp3) is 0.846. The molecule has 1 aliphatic rings. The minimum atomic E-state index is 0.727. The van der Waals surface area contributed by atoms with Crippen molar-refractivity contribution in [1.82, 2.24) is 5.32 Å². The van der Waals surface area contributed by atoms with Gasteiger partial charge in [-0.2, -0.15) is 0 Å². The largest absolute Gasteiger partial charge is 0.317 e. The molecule has 15 heavy (non-hydrogen) atoms. The summed E-state index contributed by atoms with van der Waals surface area (Å²) in [4.78, 5) is 0. The number of rotatable bonds is 4. The molecule has 0 aliphatic heterocycles. The Hall–Kier alpha value is 0.130. The molecule has 1 fully saturated rings. The van der Waals surface area contributed by atoms with E-state index in [0.29, 0.717) is 0 Å². The predicted octanol–water partition coefficient (Wildman–Crippen LogP) is 3.80. The molecule has 0 heterocycles. The van der Waals surface area contributed by atoms with Gasteiger partial charge in [0.15, 0.2) is 0 Å². The van der Waals surface area contributed by atoms with E-state index in [1.165, 1.54) is 46.8 Å². The van der Waals surface area contributed by atoms with Gasteiger partial charge in [0, 0.05) is 6.04 Å². The van der Waals surface area contributed by atoms with Crippen LogP contribution in [0.2, 0.25) is 0 Å². The van der Waals surface area contributed by atoms with Gasteiger partial charge in [-0.3, -0.25) is 0 Å². The summed E-state index contributed by atoms with van der Waals surface area (Å²) in [6.45, 7) is 7.54. The molecule has 1 saturated carbocycles. The highest BCUT2D eigenvalue weighted by molar-refractivity contribution is 7.38. The molecule has 2 heteroatoms. The smallest absolute Gasteiger partial charge is 0.00727 e. The fourth-order valence-corrected chi connectivity index (χ4v) is 3.46. The first-order valence-electron chi connectivity index (χ1n) is 6.22. The number of hydrogen-bond donors (Lipinski definition) is 1. The fourth-order valence-electron chi connectivity index (χ4n) is 1.75. The molecule has 1 rings (SSSR count). The molecule has 2 atom stereocenters. The van der Waals surface area contributed by atoms with Crippen molar-refractivity contribution < 1.29 is 0 Å². The molecule has 1 aliphatic carbocycles. The van der Waals surface area contributed by atoms with Gasteiger partial charge in [-0.25, -0.2) is 0 Å². The second-order valence-electron chi connectivity index (χ2n) is 4.34. The van der Waals surface area contributed by atoms with Crippen molar-refractivity contribution >= 4 is 8.58 Å². The maximum Gasteiger partial charge on any atom is 0.00727 e. The van der Waals surface area contributed by atoms with E-state index in [4.69, 9.17) is 0 Å². The van der Waals surface area contributed by atoms with Crippen LogP contribution >= 0.6 is 8.58 Å². The number of hydrogen-bond acceptors (Lipinski definition) is 1. The SMILES string of the molecule is C=CC.CNC(C)CPC1CCCCC1. The van der Waals surface area contributed by atoms with Crippen LogP contribution in [0.4, 0.5) is 0 Å². The Balaban J connectivity index is 0.000000583. The third kappa shape index (κ3) is 9.08. The summed E-state index contributed by atoms with van der Waals surface area (Å²) in [6.07, 6.45) is 10.6. The summed E-state index contributed by atoms with van der Waals surface area (Å²) in [6, 6.07) is 0.727. The van der Waals surface area contributed by atoms with Crippen LogP contribution in [-0.2, 0) is 0 Å². The highest BCUT2D eigenvalue weighted by atomic mass is 31.1. The molecule has 0 bridgehead atoms. The van der Waals surface area contributed by atoms with Crippen molar-refractivity contribution in [2.75, 3.05) is 13.2 Å². The van der Waals surface area contributed by atoms with Crippen LogP contribution in [0.15, 0.2) is 12.7 Å². The summed E-state index contributed by atoms with van der Waals surface area (Å²) < 4.78 is 0. The molecule has 0 aromatic rings. The van der Waals surface area contributed by atoms with Gasteiger partial charge in [0.05, 0.1) is 0 Å². The summed E-state index contributed by atoms with van der Waals surface area (Å²) in [5, 5.41) is 3.31. The van der Waals surface area contributed by atoms with Gasteiger partial charge in [0.2, 0.25) is 0 Å². The number of nitrogens with one attached hydrogen (secondary N) is 1. The zero-order valence-corrected chi connectivity index (χ0v) is 11.7.